The third-order valence-corrected chi connectivity index (χ3v) is 2.85. The van der Waals surface area contributed by atoms with Crippen molar-refractivity contribution in [3.63, 3.8) is 0 Å². The molecule has 2 aromatic rings. The molecular formula is C14H13ClN2O2. The molecule has 0 aromatic heterocycles. The summed E-state index contributed by atoms with van der Waals surface area (Å²) in [4.78, 5) is 11.8. The normalized spacial score (nSPS) is 10.0. The number of benzene rings is 2. The van der Waals surface area contributed by atoms with Crippen LogP contribution in [0.25, 0.3) is 0 Å². The number of hydrogen-bond acceptors (Lipinski definition) is 2. The maximum absolute atomic E-state index is 11.8. The summed E-state index contributed by atoms with van der Waals surface area (Å²) in [6.45, 7) is 1.85. The van der Waals surface area contributed by atoms with E-state index in [9.17, 15) is 9.90 Å². The summed E-state index contributed by atoms with van der Waals surface area (Å²) >= 11 is 5.93. The highest BCUT2D eigenvalue weighted by Crippen LogP contribution is 2.25. The highest BCUT2D eigenvalue weighted by Gasteiger charge is 2.08. The van der Waals surface area contributed by atoms with E-state index in [1.165, 1.54) is 0 Å². The Balaban J connectivity index is 2.08. The molecule has 2 rings (SSSR count). The number of halogens is 1. The number of carbonyl (C=O) groups excluding carboxylic acids is 1. The third-order valence-electron chi connectivity index (χ3n) is 2.52. The van der Waals surface area contributed by atoms with Gasteiger partial charge in [0.15, 0.2) is 0 Å². The van der Waals surface area contributed by atoms with Crippen LogP contribution in [0.1, 0.15) is 5.56 Å². The van der Waals surface area contributed by atoms with Gasteiger partial charge in [-0.2, -0.15) is 0 Å². The maximum atomic E-state index is 11.8. The highest BCUT2D eigenvalue weighted by atomic mass is 35.5. The minimum Gasteiger partial charge on any atom is -0.506 e. The van der Waals surface area contributed by atoms with Crippen LogP contribution in [0, 0.1) is 6.92 Å². The molecule has 0 aliphatic rings. The number of nitrogens with one attached hydrogen (secondary N) is 2. The predicted octanol–water partition coefficient (Wildman–Crippen LogP) is 4.00. The summed E-state index contributed by atoms with van der Waals surface area (Å²) in [6.07, 6.45) is 0. The van der Waals surface area contributed by atoms with Crippen molar-refractivity contribution in [3.8, 4) is 5.75 Å². The van der Waals surface area contributed by atoms with E-state index in [4.69, 9.17) is 11.6 Å². The van der Waals surface area contributed by atoms with Crippen LogP contribution in [0.3, 0.4) is 0 Å². The molecule has 0 saturated carbocycles. The zero-order valence-electron chi connectivity index (χ0n) is 10.3. The second-order valence-electron chi connectivity index (χ2n) is 4.08. The smallest absolute Gasteiger partial charge is 0.323 e. The molecule has 3 N–H and O–H groups in total. The molecule has 0 heterocycles. The molecule has 2 amide bonds. The minimum atomic E-state index is -0.466. The summed E-state index contributed by atoms with van der Waals surface area (Å²) in [5, 5.41) is 15.3. The summed E-state index contributed by atoms with van der Waals surface area (Å²) in [6, 6.07) is 11.5. The van der Waals surface area contributed by atoms with Crippen LogP contribution in [-0.2, 0) is 0 Å². The van der Waals surface area contributed by atoms with Crippen molar-refractivity contribution in [2.24, 2.45) is 0 Å². The second kappa shape index (κ2) is 5.63. The predicted molar refractivity (Wildman–Crippen MR) is 76.9 cm³/mol. The maximum Gasteiger partial charge on any atom is 0.323 e. The van der Waals surface area contributed by atoms with Gasteiger partial charge in [-0.3, -0.25) is 0 Å². The molecule has 0 fully saturated rings. The highest BCUT2D eigenvalue weighted by molar-refractivity contribution is 6.33. The molecule has 0 saturated heterocycles. The van der Waals surface area contributed by atoms with E-state index in [0.29, 0.717) is 16.4 Å². The first-order chi connectivity index (χ1) is 9.06. The first-order valence-corrected chi connectivity index (χ1v) is 6.06. The number of para-hydroxylation sites is 1. The summed E-state index contributed by atoms with van der Waals surface area (Å²) in [5.41, 5.74) is 1.76. The number of amides is 2. The van der Waals surface area contributed by atoms with Gasteiger partial charge in [-0.1, -0.05) is 29.8 Å². The molecule has 0 radical (unpaired) electrons. The van der Waals surface area contributed by atoms with E-state index < -0.39 is 6.03 Å². The van der Waals surface area contributed by atoms with Gasteiger partial charge in [-0.05, 0) is 36.8 Å². The van der Waals surface area contributed by atoms with Crippen LogP contribution in [0.2, 0.25) is 5.02 Å². The number of hydrogen-bond donors (Lipinski definition) is 3. The lowest BCUT2D eigenvalue weighted by atomic mass is 10.2. The fourth-order valence-corrected chi connectivity index (χ4v) is 1.77. The van der Waals surface area contributed by atoms with Crippen LogP contribution in [0.4, 0.5) is 16.2 Å². The van der Waals surface area contributed by atoms with Gasteiger partial charge in [-0.15, -0.1) is 0 Å². The number of rotatable bonds is 2. The molecule has 19 heavy (non-hydrogen) atoms. The fraction of sp³-hybridized carbons (Fsp3) is 0.0714. The Labute approximate surface area is 116 Å². The Morgan fingerprint density at radius 2 is 1.79 bits per heavy atom. The lowest BCUT2D eigenvalue weighted by molar-refractivity contribution is 0.262. The minimum absolute atomic E-state index is 0.0225. The SMILES string of the molecule is Cc1ccc(NC(=O)Nc2ccccc2Cl)c(O)c1. The zero-order valence-corrected chi connectivity index (χ0v) is 11.0. The van der Waals surface area contributed by atoms with Gasteiger partial charge in [0, 0.05) is 0 Å². The molecule has 0 atom stereocenters. The Morgan fingerprint density at radius 3 is 2.47 bits per heavy atom. The monoisotopic (exact) mass is 276 g/mol. The van der Waals surface area contributed by atoms with Crippen LogP contribution in [-0.4, -0.2) is 11.1 Å². The van der Waals surface area contributed by atoms with Crippen LogP contribution in [0.5, 0.6) is 5.75 Å². The number of aryl methyl sites for hydroxylation is 1. The molecule has 0 spiro atoms. The average Bonchev–Trinajstić information content (AvgIpc) is 2.36. The number of urea groups is 1. The van der Waals surface area contributed by atoms with Gasteiger partial charge < -0.3 is 15.7 Å². The molecule has 0 bridgehead atoms. The Bertz CT molecular complexity index is 614. The van der Waals surface area contributed by atoms with Crippen molar-refractivity contribution < 1.29 is 9.90 Å². The third kappa shape index (κ3) is 3.39. The number of phenols is 1. The van der Waals surface area contributed by atoms with Crippen molar-refractivity contribution in [1.29, 1.82) is 0 Å². The Kier molecular flexibility index (Phi) is 3.92. The van der Waals surface area contributed by atoms with Crippen molar-refractivity contribution >= 4 is 29.0 Å². The molecule has 0 aliphatic heterocycles. The average molecular weight is 277 g/mol. The standard InChI is InChI=1S/C14H13ClN2O2/c1-9-6-7-12(13(18)8-9)17-14(19)16-11-5-3-2-4-10(11)15/h2-8,18H,1H3,(H2,16,17,19). The van der Waals surface area contributed by atoms with E-state index in [1.807, 2.05) is 6.92 Å². The number of anilines is 2. The van der Waals surface area contributed by atoms with Crippen LogP contribution < -0.4 is 10.6 Å². The van der Waals surface area contributed by atoms with Crippen molar-refractivity contribution in [3.05, 3.63) is 53.1 Å². The fourth-order valence-electron chi connectivity index (χ4n) is 1.59. The number of phenolic OH excluding ortho intramolecular Hbond substituents is 1. The van der Waals surface area contributed by atoms with Crippen LogP contribution in [0.15, 0.2) is 42.5 Å². The summed E-state index contributed by atoms with van der Waals surface area (Å²) in [7, 11) is 0. The topological polar surface area (TPSA) is 61.4 Å². The van der Waals surface area contributed by atoms with Gasteiger partial charge in [-0.25, -0.2) is 4.79 Å². The molecule has 98 valence electrons. The van der Waals surface area contributed by atoms with Gasteiger partial charge in [0.05, 0.1) is 16.4 Å². The van der Waals surface area contributed by atoms with E-state index in [0.717, 1.165) is 5.56 Å². The summed E-state index contributed by atoms with van der Waals surface area (Å²) < 4.78 is 0. The molecule has 0 aliphatic carbocycles. The van der Waals surface area contributed by atoms with Crippen LogP contribution >= 0.6 is 11.6 Å². The van der Waals surface area contributed by atoms with Crippen molar-refractivity contribution in [2.75, 3.05) is 10.6 Å². The molecule has 2 aromatic carbocycles. The molecule has 4 nitrogen and oxygen atoms in total. The van der Waals surface area contributed by atoms with Gasteiger partial charge in [0.1, 0.15) is 5.75 Å². The van der Waals surface area contributed by atoms with E-state index in [-0.39, 0.29) is 5.75 Å². The first-order valence-electron chi connectivity index (χ1n) is 5.68. The van der Waals surface area contributed by atoms with E-state index in [1.54, 1.807) is 42.5 Å². The number of aromatic hydroxyl groups is 1. The van der Waals surface area contributed by atoms with Gasteiger partial charge in [0.2, 0.25) is 0 Å². The van der Waals surface area contributed by atoms with E-state index in [2.05, 4.69) is 10.6 Å². The lowest BCUT2D eigenvalue weighted by Gasteiger charge is -2.10. The van der Waals surface area contributed by atoms with Crippen molar-refractivity contribution in [1.82, 2.24) is 0 Å². The lowest BCUT2D eigenvalue weighted by Crippen LogP contribution is -2.19. The Morgan fingerprint density at radius 1 is 1.11 bits per heavy atom. The molecular weight excluding hydrogens is 264 g/mol. The quantitative estimate of drug-likeness (QED) is 0.726. The Hall–Kier alpha value is -2.20. The summed E-state index contributed by atoms with van der Waals surface area (Å²) in [5.74, 6) is 0.0225. The van der Waals surface area contributed by atoms with E-state index >= 15 is 0 Å². The molecule has 0 unspecified atom stereocenters. The first kappa shape index (κ1) is 13.2. The van der Waals surface area contributed by atoms with Crippen molar-refractivity contribution in [2.45, 2.75) is 6.92 Å². The second-order valence-corrected chi connectivity index (χ2v) is 4.49. The largest absolute Gasteiger partial charge is 0.506 e. The molecule has 5 heteroatoms. The van der Waals surface area contributed by atoms with Gasteiger partial charge in [0.25, 0.3) is 0 Å². The number of carbonyl (C=O) groups is 1. The zero-order chi connectivity index (χ0) is 13.8. The van der Waals surface area contributed by atoms with Gasteiger partial charge >= 0.3 is 6.03 Å².